The maximum absolute atomic E-state index is 12.8. The Morgan fingerprint density at radius 3 is 2.29 bits per heavy atom. The molecule has 1 saturated carbocycles. The van der Waals surface area contributed by atoms with Crippen LogP contribution >= 0.6 is 0 Å². The van der Waals surface area contributed by atoms with Gasteiger partial charge in [0.05, 0.1) is 12.3 Å². The van der Waals surface area contributed by atoms with Gasteiger partial charge in [0, 0.05) is 18.0 Å². The normalized spacial score (nSPS) is 19.7. The average Bonchev–Trinajstić information content (AvgIpc) is 3.40. The molecule has 0 spiro atoms. The first-order chi connectivity index (χ1) is 16.5. The van der Waals surface area contributed by atoms with Crippen LogP contribution in [0.2, 0.25) is 0 Å². The molecule has 7 nitrogen and oxygen atoms in total. The highest BCUT2D eigenvalue weighted by molar-refractivity contribution is 5.82. The standard InChI is InChI=1S/C27H32N2O5/c1-2-8-17(15-25(30)31)28-26(32)22-13-7-14-24(22)29-27(33)34-16-23-20-11-5-3-9-18(20)19-10-4-6-12-21(19)23/h3-6,9-12,17,22-24H,2,7-8,13-16H2,1H3,(H,28,32)(H,29,33)(H,30,31)/t17?,22-,24+/m1/s1. The number of hydrogen-bond acceptors (Lipinski definition) is 4. The van der Waals surface area contributed by atoms with Gasteiger partial charge in [0.1, 0.15) is 6.61 Å². The minimum Gasteiger partial charge on any atom is -0.481 e. The van der Waals surface area contributed by atoms with Gasteiger partial charge in [0.2, 0.25) is 5.91 Å². The van der Waals surface area contributed by atoms with Crippen LogP contribution in [0, 0.1) is 5.92 Å². The fourth-order valence-corrected chi connectivity index (χ4v) is 5.33. The number of benzene rings is 2. The number of hydrogen-bond donors (Lipinski definition) is 3. The number of carbonyl (C=O) groups is 3. The fourth-order valence-electron chi connectivity index (χ4n) is 5.33. The van der Waals surface area contributed by atoms with Crippen molar-refractivity contribution in [1.29, 1.82) is 0 Å². The van der Waals surface area contributed by atoms with Gasteiger partial charge in [-0.25, -0.2) is 4.79 Å². The predicted molar refractivity (Wildman–Crippen MR) is 128 cm³/mol. The molecule has 2 aliphatic rings. The topological polar surface area (TPSA) is 105 Å². The summed E-state index contributed by atoms with van der Waals surface area (Å²) in [6, 6.07) is 15.6. The molecule has 0 saturated heterocycles. The van der Waals surface area contributed by atoms with Crippen molar-refractivity contribution in [1.82, 2.24) is 10.6 Å². The summed E-state index contributed by atoms with van der Waals surface area (Å²) in [6.07, 6.45) is 2.94. The van der Waals surface area contributed by atoms with E-state index in [0.29, 0.717) is 19.3 Å². The van der Waals surface area contributed by atoms with Gasteiger partial charge in [-0.2, -0.15) is 0 Å². The lowest BCUT2D eigenvalue weighted by Gasteiger charge is -2.24. The summed E-state index contributed by atoms with van der Waals surface area (Å²) in [5.74, 6) is -1.53. The van der Waals surface area contributed by atoms with Crippen LogP contribution in [0.4, 0.5) is 4.79 Å². The molecule has 180 valence electrons. The monoisotopic (exact) mass is 464 g/mol. The fraction of sp³-hybridized carbons (Fsp3) is 0.444. The zero-order valence-electron chi connectivity index (χ0n) is 19.5. The molecule has 2 aliphatic carbocycles. The average molecular weight is 465 g/mol. The molecule has 3 N–H and O–H groups in total. The van der Waals surface area contributed by atoms with E-state index in [1.807, 2.05) is 31.2 Å². The highest BCUT2D eigenvalue weighted by atomic mass is 16.5. The van der Waals surface area contributed by atoms with Crippen molar-refractivity contribution in [3.8, 4) is 11.1 Å². The summed E-state index contributed by atoms with van der Waals surface area (Å²) in [5.41, 5.74) is 4.63. The molecule has 0 aliphatic heterocycles. The molecule has 1 fully saturated rings. The molecule has 34 heavy (non-hydrogen) atoms. The second-order valence-electron chi connectivity index (χ2n) is 9.21. The van der Waals surface area contributed by atoms with Gasteiger partial charge in [-0.15, -0.1) is 0 Å². The SMILES string of the molecule is CCCC(CC(=O)O)NC(=O)[C@@H]1CCC[C@@H]1NC(=O)OCC1c2ccccc2-c2ccccc21. The Morgan fingerprint density at radius 2 is 1.68 bits per heavy atom. The number of carboxylic acid groups (broad SMARTS) is 1. The van der Waals surface area contributed by atoms with Gasteiger partial charge in [0.15, 0.2) is 0 Å². The lowest BCUT2D eigenvalue weighted by molar-refractivity contribution is -0.137. The Labute approximate surface area is 199 Å². The first-order valence-corrected chi connectivity index (χ1v) is 12.1. The largest absolute Gasteiger partial charge is 0.481 e. The van der Waals surface area contributed by atoms with E-state index in [1.54, 1.807) is 0 Å². The van der Waals surface area contributed by atoms with E-state index in [0.717, 1.165) is 24.0 Å². The Kier molecular flexibility index (Phi) is 7.50. The van der Waals surface area contributed by atoms with Gasteiger partial charge in [-0.3, -0.25) is 9.59 Å². The van der Waals surface area contributed by atoms with E-state index < -0.39 is 18.1 Å². The second kappa shape index (κ2) is 10.7. The highest BCUT2D eigenvalue weighted by Crippen LogP contribution is 2.44. The summed E-state index contributed by atoms with van der Waals surface area (Å²) in [4.78, 5) is 36.6. The number of rotatable bonds is 9. The maximum atomic E-state index is 12.8. The van der Waals surface area contributed by atoms with Crippen LogP contribution in [0.3, 0.4) is 0 Å². The van der Waals surface area contributed by atoms with E-state index in [9.17, 15) is 14.4 Å². The minimum absolute atomic E-state index is 0.0216. The number of carboxylic acids is 1. The van der Waals surface area contributed by atoms with E-state index in [4.69, 9.17) is 9.84 Å². The highest BCUT2D eigenvalue weighted by Gasteiger charge is 2.36. The van der Waals surface area contributed by atoms with E-state index in [2.05, 4.69) is 34.9 Å². The summed E-state index contributed by atoms with van der Waals surface area (Å²) in [6.45, 7) is 2.18. The van der Waals surface area contributed by atoms with Crippen LogP contribution in [0.1, 0.15) is 62.5 Å². The Bertz CT molecular complexity index is 1010. The zero-order valence-corrected chi connectivity index (χ0v) is 19.5. The predicted octanol–water partition coefficient (Wildman–Crippen LogP) is 4.45. The molecular weight excluding hydrogens is 432 g/mol. The molecule has 2 aromatic rings. The van der Waals surface area contributed by atoms with Crippen molar-refractivity contribution in [2.75, 3.05) is 6.61 Å². The maximum Gasteiger partial charge on any atom is 0.407 e. The molecular formula is C27H32N2O5. The molecule has 2 amide bonds. The third kappa shape index (κ3) is 5.24. The molecule has 0 radical (unpaired) electrons. The number of alkyl carbamates (subject to hydrolysis) is 1. The number of carbonyl (C=O) groups excluding carboxylic acids is 2. The van der Waals surface area contributed by atoms with Crippen molar-refractivity contribution < 1.29 is 24.2 Å². The molecule has 0 aromatic heterocycles. The summed E-state index contributed by atoms with van der Waals surface area (Å²) in [7, 11) is 0. The van der Waals surface area contributed by atoms with Crippen molar-refractivity contribution in [2.24, 2.45) is 5.92 Å². The summed E-state index contributed by atoms with van der Waals surface area (Å²) >= 11 is 0. The zero-order chi connectivity index (χ0) is 24.1. The molecule has 0 heterocycles. The molecule has 7 heteroatoms. The van der Waals surface area contributed by atoms with Crippen LogP contribution < -0.4 is 10.6 Å². The van der Waals surface area contributed by atoms with Crippen LogP contribution in [0.15, 0.2) is 48.5 Å². The lowest BCUT2D eigenvalue weighted by atomic mass is 9.98. The summed E-state index contributed by atoms with van der Waals surface area (Å²) < 4.78 is 5.64. The van der Waals surface area contributed by atoms with Gasteiger partial charge in [-0.05, 0) is 41.5 Å². The van der Waals surface area contributed by atoms with Crippen molar-refractivity contribution >= 4 is 18.0 Å². The van der Waals surface area contributed by atoms with Crippen LogP contribution in [-0.2, 0) is 14.3 Å². The Hall–Kier alpha value is -3.35. The van der Waals surface area contributed by atoms with E-state index in [1.165, 1.54) is 11.1 Å². The molecule has 3 atom stereocenters. The van der Waals surface area contributed by atoms with E-state index >= 15 is 0 Å². The minimum atomic E-state index is -0.932. The van der Waals surface area contributed by atoms with Crippen molar-refractivity contribution in [3.05, 3.63) is 59.7 Å². The molecule has 4 rings (SSSR count). The molecule has 0 bridgehead atoms. The third-order valence-corrected chi connectivity index (χ3v) is 6.90. The molecule has 1 unspecified atom stereocenters. The number of amides is 2. The van der Waals surface area contributed by atoms with Crippen LogP contribution in [0.25, 0.3) is 11.1 Å². The number of nitrogens with one attached hydrogen (secondary N) is 2. The van der Waals surface area contributed by atoms with Crippen molar-refractivity contribution in [2.45, 2.75) is 63.5 Å². The Morgan fingerprint density at radius 1 is 1.03 bits per heavy atom. The van der Waals surface area contributed by atoms with Gasteiger partial charge >= 0.3 is 12.1 Å². The third-order valence-electron chi connectivity index (χ3n) is 6.90. The molecule has 2 aromatic carbocycles. The lowest BCUT2D eigenvalue weighted by Crippen LogP contribution is -2.47. The van der Waals surface area contributed by atoms with Crippen LogP contribution in [-0.4, -0.2) is 41.8 Å². The van der Waals surface area contributed by atoms with Gasteiger partial charge in [-0.1, -0.05) is 68.3 Å². The first-order valence-electron chi connectivity index (χ1n) is 12.1. The van der Waals surface area contributed by atoms with Crippen LogP contribution in [0.5, 0.6) is 0 Å². The van der Waals surface area contributed by atoms with E-state index in [-0.39, 0.29) is 36.8 Å². The number of ether oxygens (including phenoxy) is 1. The first kappa shape index (κ1) is 23.8. The Balaban J connectivity index is 1.35. The number of aliphatic carboxylic acids is 1. The quantitative estimate of drug-likeness (QED) is 0.508. The summed E-state index contributed by atoms with van der Waals surface area (Å²) in [5, 5.41) is 14.9. The van der Waals surface area contributed by atoms with Crippen molar-refractivity contribution in [3.63, 3.8) is 0 Å². The van der Waals surface area contributed by atoms with Gasteiger partial charge < -0.3 is 20.5 Å². The van der Waals surface area contributed by atoms with Gasteiger partial charge in [0.25, 0.3) is 0 Å². The smallest absolute Gasteiger partial charge is 0.407 e. The number of fused-ring (bicyclic) bond motifs is 3. The second-order valence-corrected chi connectivity index (χ2v) is 9.21.